The summed E-state index contributed by atoms with van der Waals surface area (Å²) in [6.07, 6.45) is 1.40. The number of carbonyl (C=O) groups excluding carboxylic acids is 3. The van der Waals surface area contributed by atoms with Gasteiger partial charge >= 0.3 is 6.03 Å². The number of anilines is 1. The van der Waals surface area contributed by atoms with E-state index in [1.165, 1.54) is 6.08 Å². The van der Waals surface area contributed by atoms with Crippen LogP contribution < -0.4 is 29.2 Å². The number of hydrogen-bond donors (Lipinski definition) is 1. The number of imide groups is 2. The first-order chi connectivity index (χ1) is 22.2. The molecule has 1 saturated heterocycles. The van der Waals surface area contributed by atoms with Crippen molar-refractivity contribution in [3.05, 3.63) is 116 Å². The van der Waals surface area contributed by atoms with E-state index in [4.69, 9.17) is 30.5 Å². The number of urea groups is 1. The van der Waals surface area contributed by atoms with Gasteiger partial charge in [-0.05, 0) is 94.5 Å². The van der Waals surface area contributed by atoms with Gasteiger partial charge in [0.25, 0.3) is 11.8 Å². The van der Waals surface area contributed by atoms with E-state index >= 15 is 0 Å². The van der Waals surface area contributed by atoms with Gasteiger partial charge in [-0.15, -0.1) is 0 Å². The monoisotopic (exact) mass is 704 g/mol. The highest BCUT2D eigenvalue weighted by molar-refractivity contribution is 9.10. The molecule has 4 aromatic carbocycles. The third-order valence-corrected chi connectivity index (χ3v) is 8.07. The second kappa shape index (κ2) is 14.5. The summed E-state index contributed by atoms with van der Waals surface area (Å²) in [5, 5.41) is 2.62. The van der Waals surface area contributed by atoms with Gasteiger partial charge in [-0.2, -0.15) is 0 Å². The minimum absolute atomic E-state index is 0.186. The van der Waals surface area contributed by atoms with Gasteiger partial charge in [0.05, 0.1) is 23.9 Å². The summed E-state index contributed by atoms with van der Waals surface area (Å²) in [6.45, 7) is 4.44. The van der Waals surface area contributed by atoms with Gasteiger partial charge in [0.15, 0.2) is 23.0 Å². The van der Waals surface area contributed by atoms with Crippen molar-refractivity contribution in [1.82, 2.24) is 5.32 Å². The Labute approximate surface area is 279 Å². The number of benzene rings is 4. The van der Waals surface area contributed by atoms with Crippen LogP contribution in [0.15, 0.2) is 88.9 Å². The number of hydrogen-bond acceptors (Lipinski definition) is 7. The molecule has 236 valence electrons. The topological polar surface area (TPSA) is 103 Å². The van der Waals surface area contributed by atoms with E-state index in [2.05, 4.69) is 21.2 Å². The lowest BCUT2D eigenvalue weighted by atomic mass is 10.1. The fraction of sp³-hybridized carbons (Fsp3) is 0.171. The van der Waals surface area contributed by atoms with Crippen molar-refractivity contribution in [1.29, 1.82) is 0 Å². The molecule has 46 heavy (non-hydrogen) atoms. The first kappa shape index (κ1) is 32.6. The predicted molar refractivity (Wildman–Crippen MR) is 179 cm³/mol. The lowest BCUT2D eigenvalue weighted by molar-refractivity contribution is -0.122. The molecule has 0 saturated carbocycles. The van der Waals surface area contributed by atoms with Crippen molar-refractivity contribution >= 4 is 57.1 Å². The molecule has 0 atom stereocenters. The zero-order chi connectivity index (χ0) is 32.8. The normalized spacial score (nSPS) is 13.9. The van der Waals surface area contributed by atoms with Crippen LogP contribution >= 0.6 is 27.5 Å². The quantitative estimate of drug-likeness (QED) is 0.126. The first-order valence-electron chi connectivity index (χ1n) is 14.3. The van der Waals surface area contributed by atoms with E-state index in [0.717, 1.165) is 16.0 Å². The van der Waals surface area contributed by atoms with E-state index < -0.39 is 17.8 Å². The fourth-order valence-corrected chi connectivity index (χ4v) is 5.51. The molecule has 0 radical (unpaired) electrons. The average Bonchev–Trinajstić information content (AvgIpc) is 3.04. The molecule has 1 heterocycles. The molecule has 1 aliphatic rings. The minimum Gasteiger partial charge on any atom is -0.493 e. The number of nitrogens with zero attached hydrogens (tertiary/aromatic N) is 1. The third-order valence-electron chi connectivity index (χ3n) is 7.07. The van der Waals surface area contributed by atoms with Gasteiger partial charge in [0.1, 0.15) is 18.8 Å². The van der Waals surface area contributed by atoms with Crippen LogP contribution in [0.2, 0.25) is 5.02 Å². The highest BCUT2D eigenvalue weighted by atomic mass is 79.9. The van der Waals surface area contributed by atoms with Crippen molar-refractivity contribution in [2.75, 3.05) is 18.6 Å². The SMILES string of the molecule is CCOc1cc(/C=C2/C(=O)NC(=O)N(c3cccc(Cl)c3C)C2=O)cc(Br)c1OCc1ccc(OCc2ccccc2)c(OC)c1. The van der Waals surface area contributed by atoms with Crippen molar-refractivity contribution < 1.29 is 33.3 Å². The molecule has 5 rings (SSSR count). The van der Waals surface area contributed by atoms with Gasteiger partial charge < -0.3 is 18.9 Å². The summed E-state index contributed by atoms with van der Waals surface area (Å²) in [7, 11) is 1.58. The number of methoxy groups -OCH3 is 1. The van der Waals surface area contributed by atoms with E-state index in [0.29, 0.717) is 56.8 Å². The maximum absolute atomic E-state index is 13.5. The summed E-state index contributed by atoms with van der Waals surface area (Å²) >= 11 is 9.78. The molecule has 0 unspecified atom stereocenters. The Morgan fingerprint density at radius 2 is 1.61 bits per heavy atom. The Balaban J connectivity index is 1.37. The average molecular weight is 706 g/mol. The molecular weight excluding hydrogens is 676 g/mol. The number of amides is 4. The Bertz CT molecular complexity index is 1830. The van der Waals surface area contributed by atoms with E-state index in [-0.39, 0.29) is 17.9 Å². The zero-order valence-electron chi connectivity index (χ0n) is 25.3. The van der Waals surface area contributed by atoms with Crippen LogP contribution in [-0.4, -0.2) is 31.6 Å². The Morgan fingerprint density at radius 1 is 0.848 bits per heavy atom. The second-order valence-corrected chi connectivity index (χ2v) is 11.4. The summed E-state index contributed by atoms with van der Waals surface area (Å²) in [4.78, 5) is 39.9. The lowest BCUT2D eigenvalue weighted by Gasteiger charge is -2.27. The highest BCUT2D eigenvalue weighted by Crippen LogP contribution is 2.39. The largest absolute Gasteiger partial charge is 0.493 e. The lowest BCUT2D eigenvalue weighted by Crippen LogP contribution is -2.54. The third kappa shape index (κ3) is 7.19. The highest BCUT2D eigenvalue weighted by Gasteiger charge is 2.37. The Morgan fingerprint density at radius 3 is 2.35 bits per heavy atom. The maximum Gasteiger partial charge on any atom is 0.335 e. The summed E-state index contributed by atoms with van der Waals surface area (Å²) in [5.41, 5.74) is 2.91. The van der Waals surface area contributed by atoms with Gasteiger partial charge in [-0.3, -0.25) is 14.9 Å². The van der Waals surface area contributed by atoms with Crippen LogP contribution in [0.1, 0.15) is 29.2 Å². The van der Waals surface area contributed by atoms with Crippen LogP contribution in [0.5, 0.6) is 23.0 Å². The minimum atomic E-state index is -0.857. The molecule has 0 spiro atoms. The van der Waals surface area contributed by atoms with Crippen molar-refractivity contribution in [2.45, 2.75) is 27.1 Å². The molecular formula is C35H30BrClN2O7. The second-order valence-electron chi connectivity index (χ2n) is 10.2. The molecule has 11 heteroatoms. The summed E-state index contributed by atoms with van der Waals surface area (Å²) in [6, 6.07) is 22.8. The van der Waals surface area contributed by atoms with Crippen molar-refractivity contribution in [3.63, 3.8) is 0 Å². The number of nitrogens with one attached hydrogen (secondary N) is 1. The van der Waals surface area contributed by atoms with Crippen LogP contribution in [0.4, 0.5) is 10.5 Å². The molecule has 0 aliphatic carbocycles. The van der Waals surface area contributed by atoms with Crippen molar-refractivity contribution in [3.8, 4) is 23.0 Å². The van der Waals surface area contributed by atoms with Crippen LogP contribution in [0, 0.1) is 6.92 Å². The van der Waals surface area contributed by atoms with Crippen molar-refractivity contribution in [2.24, 2.45) is 0 Å². The molecule has 1 fully saturated rings. The van der Waals surface area contributed by atoms with Crippen LogP contribution in [-0.2, 0) is 22.8 Å². The number of rotatable bonds is 11. The molecule has 0 bridgehead atoms. The number of halogens is 2. The molecule has 1 N–H and O–H groups in total. The number of carbonyl (C=O) groups is 3. The Hall–Kier alpha value is -4.80. The van der Waals surface area contributed by atoms with E-state index in [1.807, 2.05) is 55.5 Å². The number of barbiturate groups is 1. The van der Waals surface area contributed by atoms with Crippen LogP contribution in [0.25, 0.3) is 6.08 Å². The number of ether oxygens (including phenoxy) is 4. The van der Waals surface area contributed by atoms with Gasteiger partial charge in [0.2, 0.25) is 0 Å². The zero-order valence-corrected chi connectivity index (χ0v) is 27.6. The van der Waals surface area contributed by atoms with Crippen LogP contribution in [0.3, 0.4) is 0 Å². The summed E-state index contributed by atoms with van der Waals surface area (Å²) < 4.78 is 24.1. The van der Waals surface area contributed by atoms with Gasteiger partial charge in [0, 0.05) is 5.02 Å². The maximum atomic E-state index is 13.5. The smallest absolute Gasteiger partial charge is 0.335 e. The molecule has 4 amide bonds. The fourth-order valence-electron chi connectivity index (χ4n) is 4.77. The van der Waals surface area contributed by atoms with E-state index in [1.54, 1.807) is 44.4 Å². The molecule has 4 aromatic rings. The predicted octanol–water partition coefficient (Wildman–Crippen LogP) is 7.64. The van der Waals surface area contributed by atoms with Gasteiger partial charge in [-0.25, -0.2) is 9.69 Å². The standard InChI is InChI=1S/C35H30BrClN2O7/c1-4-44-31-18-24(15-25-33(40)38-35(42)39(34(25)41)28-12-8-11-27(37)21(28)2)16-26(36)32(31)46-20-23-13-14-29(30(17-23)43-3)45-19-22-9-6-5-7-10-22/h5-18H,4,19-20H2,1-3H3,(H,38,40,42)/b25-15-. The van der Waals surface area contributed by atoms with Gasteiger partial charge in [-0.1, -0.05) is 54.1 Å². The molecule has 9 nitrogen and oxygen atoms in total. The van der Waals surface area contributed by atoms with E-state index in [9.17, 15) is 14.4 Å². The first-order valence-corrected chi connectivity index (χ1v) is 15.5. The Kier molecular flexibility index (Phi) is 10.3. The summed E-state index contributed by atoms with van der Waals surface area (Å²) in [5.74, 6) is 0.401. The molecule has 1 aliphatic heterocycles. The molecule has 0 aromatic heterocycles.